The first kappa shape index (κ1) is 35.1. The highest BCUT2D eigenvalue weighted by Gasteiger charge is 2.44. The highest BCUT2D eigenvalue weighted by Crippen LogP contribution is 2.42. The number of benzene rings is 1. The Balaban J connectivity index is 1.65. The number of anilines is 1. The molecule has 2 aromatic rings. The fraction of sp³-hybridized carbons (Fsp3) is 0.567. The number of alkyl halides is 9. The van der Waals surface area contributed by atoms with E-state index >= 15 is 0 Å². The molecule has 1 saturated heterocycles. The molecule has 1 saturated carbocycles. The summed E-state index contributed by atoms with van der Waals surface area (Å²) >= 11 is 0. The number of carbonyl (C=O) groups is 2. The summed E-state index contributed by atoms with van der Waals surface area (Å²) in [6, 6.07) is 0.366. The fourth-order valence-electron chi connectivity index (χ4n) is 6.08. The molecule has 2 heterocycles. The van der Waals surface area contributed by atoms with Crippen molar-refractivity contribution in [3.63, 3.8) is 0 Å². The predicted molar refractivity (Wildman–Crippen MR) is 145 cm³/mol. The van der Waals surface area contributed by atoms with Crippen LogP contribution in [0.5, 0.6) is 0 Å². The van der Waals surface area contributed by atoms with Crippen LogP contribution in [0.2, 0.25) is 0 Å². The van der Waals surface area contributed by atoms with Crippen LogP contribution in [0.15, 0.2) is 30.5 Å². The fourth-order valence-corrected chi connectivity index (χ4v) is 6.08. The molecule has 1 aliphatic carbocycles. The van der Waals surface area contributed by atoms with Crippen molar-refractivity contribution in [2.75, 3.05) is 18.6 Å². The number of esters is 1. The number of methoxy groups -OCH3 is 1. The van der Waals surface area contributed by atoms with Crippen LogP contribution in [-0.4, -0.2) is 47.7 Å². The lowest BCUT2D eigenvalue weighted by Gasteiger charge is -2.38. The van der Waals surface area contributed by atoms with Crippen LogP contribution < -0.4 is 4.90 Å². The Morgan fingerprint density at radius 3 is 2.00 bits per heavy atom. The molecule has 0 N–H and O–H groups in total. The lowest BCUT2D eigenvalue weighted by molar-refractivity contribution is -0.144. The second-order valence-corrected chi connectivity index (χ2v) is 11.5. The van der Waals surface area contributed by atoms with Crippen molar-refractivity contribution in [1.29, 1.82) is 0 Å². The number of hydrogen-bond donors (Lipinski definition) is 0. The summed E-state index contributed by atoms with van der Waals surface area (Å²) in [5, 5.41) is 0. The van der Waals surface area contributed by atoms with Gasteiger partial charge < -0.3 is 14.4 Å². The monoisotopic (exact) mass is 669 g/mol. The van der Waals surface area contributed by atoms with Crippen LogP contribution in [0, 0.1) is 5.92 Å². The molecule has 2 atom stereocenters. The third-order valence-electron chi connectivity index (χ3n) is 8.49. The third kappa shape index (κ3) is 7.80. The van der Waals surface area contributed by atoms with Crippen molar-refractivity contribution in [2.45, 2.75) is 89.2 Å². The number of nitrogens with zero attached hydrogens (tertiary/aromatic N) is 3. The topological polar surface area (TPSA) is 72.0 Å². The van der Waals surface area contributed by atoms with Gasteiger partial charge in [0.15, 0.2) is 0 Å². The Hall–Kier alpha value is -3.72. The molecular formula is C30H32F9N3O4. The summed E-state index contributed by atoms with van der Waals surface area (Å²) in [6.45, 7) is 2.91. The zero-order valence-electron chi connectivity index (χ0n) is 25.0. The van der Waals surface area contributed by atoms with Crippen molar-refractivity contribution in [3.05, 3.63) is 58.3 Å². The van der Waals surface area contributed by atoms with Crippen LogP contribution in [0.4, 0.5) is 50.1 Å². The van der Waals surface area contributed by atoms with Gasteiger partial charge in [-0.05, 0) is 75.3 Å². The normalized spacial score (nSPS) is 22.5. The lowest BCUT2D eigenvalue weighted by Crippen LogP contribution is -2.40. The van der Waals surface area contributed by atoms with Gasteiger partial charge in [-0.3, -0.25) is 9.69 Å². The van der Waals surface area contributed by atoms with E-state index < -0.39 is 65.6 Å². The maximum atomic E-state index is 13.8. The van der Waals surface area contributed by atoms with Crippen LogP contribution in [0.25, 0.3) is 0 Å². The number of halogens is 9. The van der Waals surface area contributed by atoms with E-state index in [-0.39, 0.29) is 41.8 Å². The van der Waals surface area contributed by atoms with Crippen LogP contribution in [0.1, 0.15) is 79.9 Å². The maximum absolute atomic E-state index is 13.8. The van der Waals surface area contributed by atoms with Crippen LogP contribution in [-0.2, 0) is 39.3 Å². The summed E-state index contributed by atoms with van der Waals surface area (Å²) < 4.78 is 132. The first-order valence-corrected chi connectivity index (χ1v) is 14.5. The predicted octanol–water partition coefficient (Wildman–Crippen LogP) is 8.17. The average Bonchev–Trinajstić information content (AvgIpc) is 3.25. The molecule has 0 radical (unpaired) electrons. The highest BCUT2D eigenvalue weighted by molar-refractivity contribution is 5.71. The minimum Gasteiger partial charge on any atom is -0.469 e. The molecule has 2 aliphatic rings. The summed E-state index contributed by atoms with van der Waals surface area (Å²) in [6.07, 6.45) is -14.4. The standard InChI is InChI=1S/C30H32F9N3O4/c1-4-41(23-7-5-17(6-8-23)9-24(43)45-3)26-19(12-22(14-40-26)30(37,38)39)15-42-16(2)25(46-27(42)44)18-10-20(28(31,32)33)13-21(11-18)29(34,35)36/h10-14,16-17,23,25H,4-9,15H2,1-3H3/t16-,17?,23?,25-/m0/s1. The Morgan fingerprint density at radius 1 is 0.935 bits per heavy atom. The molecule has 2 fully saturated rings. The van der Waals surface area contributed by atoms with Gasteiger partial charge in [-0.15, -0.1) is 0 Å². The second-order valence-electron chi connectivity index (χ2n) is 11.5. The smallest absolute Gasteiger partial charge is 0.417 e. The average molecular weight is 670 g/mol. The maximum Gasteiger partial charge on any atom is 0.417 e. The molecule has 4 rings (SSSR count). The third-order valence-corrected chi connectivity index (χ3v) is 8.49. The van der Waals surface area contributed by atoms with Gasteiger partial charge in [0.2, 0.25) is 0 Å². The minimum absolute atomic E-state index is 0.0298. The van der Waals surface area contributed by atoms with E-state index in [1.54, 1.807) is 11.8 Å². The molecule has 16 heteroatoms. The number of rotatable bonds is 8. The van der Waals surface area contributed by atoms with E-state index in [0.717, 1.165) is 11.0 Å². The summed E-state index contributed by atoms with van der Waals surface area (Å²) in [5.74, 6) is -0.116. The van der Waals surface area contributed by atoms with Gasteiger partial charge >= 0.3 is 30.6 Å². The Morgan fingerprint density at radius 2 is 1.50 bits per heavy atom. The van der Waals surface area contributed by atoms with Gasteiger partial charge in [0.05, 0.1) is 36.4 Å². The van der Waals surface area contributed by atoms with Crippen molar-refractivity contribution < 1.29 is 58.6 Å². The van der Waals surface area contributed by atoms with Crippen molar-refractivity contribution in [1.82, 2.24) is 9.88 Å². The lowest BCUT2D eigenvalue weighted by atomic mass is 9.83. The molecule has 254 valence electrons. The van der Waals surface area contributed by atoms with Crippen LogP contribution in [0.3, 0.4) is 0 Å². The van der Waals surface area contributed by atoms with E-state index in [1.807, 2.05) is 0 Å². The molecule has 7 nitrogen and oxygen atoms in total. The Labute approximate surface area is 258 Å². The highest BCUT2D eigenvalue weighted by atomic mass is 19.4. The second kappa shape index (κ2) is 13.2. The van der Waals surface area contributed by atoms with E-state index in [2.05, 4.69) is 4.98 Å². The minimum atomic E-state index is -5.14. The number of pyridine rings is 1. The number of amides is 1. The zero-order chi connectivity index (χ0) is 34.2. The molecule has 1 aromatic heterocycles. The molecule has 46 heavy (non-hydrogen) atoms. The van der Waals surface area contributed by atoms with Gasteiger partial charge in [-0.1, -0.05) is 0 Å². The first-order chi connectivity index (χ1) is 21.3. The molecule has 0 bridgehead atoms. The molecule has 0 unspecified atom stereocenters. The van der Waals surface area contributed by atoms with Gasteiger partial charge in [-0.25, -0.2) is 9.78 Å². The number of cyclic esters (lactones) is 1. The quantitative estimate of drug-likeness (QED) is 0.209. The number of aromatic nitrogens is 1. The van der Waals surface area contributed by atoms with Gasteiger partial charge in [0.1, 0.15) is 11.9 Å². The van der Waals surface area contributed by atoms with E-state index in [1.165, 1.54) is 14.0 Å². The van der Waals surface area contributed by atoms with Gasteiger partial charge in [-0.2, -0.15) is 39.5 Å². The van der Waals surface area contributed by atoms with Crippen molar-refractivity contribution in [3.8, 4) is 0 Å². The summed E-state index contributed by atoms with van der Waals surface area (Å²) in [4.78, 5) is 31.6. The number of hydrogen-bond acceptors (Lipinski definition) is 6. The van der Waals surface area contributed by atoms with Gasteiger partial charge in [0, 0.05) is 30.8 Å². The Bertz CT molecular complexity index is 1390. The van der Waals surface area contributed by atoms with Gasteiger partial charge in [0.25, 0.3) is 0 Å². The largest absolute Gasteiger partial charge is 0.469 e. The molecule has 0 spiro atoms. The Kier molecular flexibility index (Phi) is 10.1. The van der Waals surface area contributed by atoms with E-state index in [9.17, 15) is 49.1 Å². The molecule has 1 aromatic carbocycles. The number of ether oxygens (including phenoxy) is 2. The summed E-state index contributed by atoms with van der Waals surface area (Å²) in [5.41, 5.74) is -4.88. The van der Waals surface area contributed by atoms with Crippen molar-refractivity contribution >= 4 is 17.9 Å². The zero-order valence-corrected chi connectivity index (χ0v) is 25.0. The molecular weight excluding hydrogens is 637 g/mol. The van der Waals surface area contributed by atoms with Crippen molar-refractivity contribution in [2.24, 2.45) is 5.92 Å². The molecule has 1 amide bonds. The van der Waals surface area contributed by atoms with Crippen LogP contribution >= 0.6 is 0 Å². The van der Waals surface area contributed by atoms with E-state index in [4.69, 9.17) is 9.47 Å². The first-order valence-electron chi connectivity index (χ1n) is 14.5. The number of carbonyl (C=O) groups excluding carboxylic acids is 2. The molecule has 1 aliphatic heterocycles. The van der Waals surface area contributed by atoms with E-state index in [0.29, 0.717) is 50.6 Å². The SMILES string of the molecule is CCN(c1ncc(C(F)(F)F)cc1CN1C(=O)O[C@H](c2cc(C(F)(F)F)cc(C(F)(F)F)c2)[C@@H]1C)C1CCC(CC(=O)OC)CC1. The summed E-state index contributed by atoms with van der Waals surface area (Å²) in [7, 11) is 1.29.